The van der Waals surface area contributed by atoms with E-state index in [2.05, 4.69) is 21.7 Å². The van der Waals surface area contributed by atoms with Crippen molar-refractivity contribution in [3.8, 4) is 0 Å². The predicted octanol–water partition coefficient (Wildman–Crippen LogP) is 1.10. The number of rotatable bonds is 4. The van der Waals surface area contributed by atoms with Crippen molar-refractivity contribution in [1.29, 1.82) is 0 Å². The van der Waals surface area contributed by atoms with Crippen molar-refractivity contribution in [3.05, 3.63) is 12.2 Å². The van der Waals surface area contributed by atoms with Crippen LogP contribution in [0.1, 0.15) is 43.2 Å². The van der Waals surface area contributed by atoms with Crippen LogP contribution in [0.3, 0.4) is 0 Å². The zero-order valence-corrected chi connectivity index (χ0v) is 12.8. The van der Waals surface area contributed by atoms with Gasteiger partial charge in [0, 0.05) is 13.1 Å². The fourth-order valence-corrected chi connectivity index (χ4v) is 2.86. The smallest absolute Gasteiger partial charge is 0.377 e. The van der Waals surface area contributed by atoms with Gasteiger partial charge in [0.15, 0.2) is 0 Å². The minimum Gasteiger partial charge on any atom is -0.463 e. The summed E-state index contributed by atoms with van der Waals surface area (Å²) in [5.74, 6) is -0.126. The molecule has 0 aromatic carbocycles. The van der Waals surface area contributed by atoms with E-state index in [1.165, 1.54) is 31.0 Å². The molecule has 21 heavy (non-hydrogen) atoms. The van der Waals surface area contributed by atoms with Gasteiger partial charge in [0.25, 0.3) is 5.82 Å². The van der Waals surface area contributed by atoms with Gasteiger partial charge in [-0.15, -0.1) is 5.10 Å². The number of amides is 1. The Morgan fingerprint density at radius 1 is 1.43 bits per heavy atom. The van der Waals surface area contributed by atoms with Crippen LogP contribution in [-0.2, 0) is 16.1 Å². The lowest BCUT2D eigenvalue weighted by Gasteiger charge is -2.36. The standard InChI is InChI=1S/C14H22N4O3/c1-10-6-4-5-7-11(10)17(2)12(19)8-18-9-15-13(16-18)14(20)21-3/h9-11H,4-8H2,1-3H3/t10-,11-/m1/s1. The molecule has 1 aromatic heterocycles. The summed E-state index contributed by atoms with van der Waals surface area (Å²) in [5.41, 5.74) is 0. The van der Waals surface area contributed by atoms with Crippen LogP contribution < -0.4 is 0 Å². The summed E-state index contributed by atoms with van der Waals surface area (Å²) in [6.07, 6.45) is 6.00. The van der Waals surface area contributed by atoms with E-state index >= 15 is 0 Å². The summed E-state index contributed by atoms with van der Waals surface area (Å²) in [6.45, 7) is 2.28. The fourth-order valence-electron chi connectivity index (χ4n) is 2.86. The van der Waals surface area contributed by atoms with E-state index in [0.29, 0.717) is 5.92 Å². The molecular formula is C14H22N4O3. The molecule has 7 heteroatoms. The minimum atomic E-state index is -0.601. The molecule has 2 rings (SSSR count). The second kappa shape index (κ2) is 6.69. The topological polar surface area (TPSA) is 77.3 Å². The normalized spacial score (nSPS) is 21.9. The maximum Gasteiger partial charge on any atom is 0.377 e. The predicted molar refractivity (Wildman–Crippen MR) is 75.6 cm³/mol. The average Bonchev–Trinajstić information content (AvgIpc) is 2.94. The van der Waals surface area contributed by atoms with Crippen LogP contribution >= 0.6 is 0 Å². The van der Waals surface area contributed by atoms with E-state index in [0.717, 1.165) is 12.8 Å². The Balaban J connectivity index is 1.97. The number of hydrogen-bond donors (Lipinski definition) is 0. The second-order valence-electron chi connectivity index (χ2n) is 5.59. The minimum absolute atomic E-state index is 0.0185. The molecule has 1 saturated carbocycles. The molecule has 0 radical (unpaired) electrons. The Labute approximate surface area is 124 Å². The van der Waals surface area contributed by atoms with Crippen molar-refractivity contribution >= 4 is 11.9 Å². The molecule has 1 fully saturated rings. The third-order valence-corrected chi connectivity index (χ3v) is 4.16. The highest BCUT2D eigenvalue weighted by molar-refractivity contribution is 5.84. The van der Waals surface area contributed by atoms with Gasteiger partial charge in [-0.05, 0) is 18.8 Å². The molecule has 116 valence electrons. The van der Waals surface area contributed by atoms with Gasteiger partial charge in [0.05, 0.1) is 7.11 Å². The van der Waals surface area contributed by atoms with Crippen LogP contribution in [0.2, 0.25) is 0 Å². The molecule has 7 nitrogen and oxygen atoms in total. The van der Waals surface area contributed by atoms with E-state index in [9.17, 15) is 9.59 Å². The van der Waals surface area contributed by atoms with Gasteiger partial charge < -0.3 is 9.64 Å². The van der Waals surface area contributed by atoms with Crippen LogP contribution in [0.4, 0.5) is 0 Å². The Hall–Kier alpha value is -1.92. The first-order chi connectivity index (χ1) is 10.0. The first-order valence-electron chi connectivity index (χ1n) is 7.26. The lowest BCUT2D eigenvalue weighted by Crippen LogP contribution is -2.44. The van der Waals surface area contributed by atoms with Crippen molar-refractivity contribution in [2.24, 2.45) is 5.92 Å². The molecule has 1 amide bonds. The Morgan fingerprint density at radius 2 is 2.14 bits per heavy atom. The molecule has 0 unspecified atom stereocenters. The van der Waals surface area contributed by atoms with Crippen molar-refractivity contribution in [3.63, 3.8) is 0 Å². The van der Waals surface area contributed by atoms with Crippen molar-refractivity contribution in [2.75, 3.05) is 14.2 Å². The first-order valence-corrected chi connectivity index (χ1v) is 7.26. The van der Waals surface area contributed by atoms with Gasteiger partial charge >= 0.3 is 5.97 Å². The quantitative estimate of drug-likeness (QED) is 0.777. The molecule has 0 N–H and O–H groups in total. The summed E-state index contributed by atoms with van der Waals surface area (Å²) in [7, 11) is 3.11. The Kier molecular flexibility index (Phi) is 4.93. The summed E-state index contributed by atoms with van der Waals surface area (Å²) in [4.78, 5) is 29.3. The molecule has 1 aromatic rings. The van der Waals surface area contributed by atoms with Gasteiger partial charge in [0.2, 0.25) is 5.91 Å². The van der Waals surface area contributed by atoms with E-state index in [1.807, 2.05) is 11.9 Å². The average molecular weight is 294 g/mol. The highest BCUT2D eigenvalue weighted by atomic mass is 16.5. The number of methoxy groups -OCH3 is 1. The maximum atomic E-state index is 12.3. The lowest BCUT2D eigenvalue weighted by molar-refractivity contribution is -0.134. The number of nitrogens with zero attached hydrogens (tertiary/aromatic N) is 4. The lowest BCUT2D eigenvalue weighted by atomic mass is 9.85. The molecule has 0 spiro atoms. The fraction of sp³-hybridized carbons (Fsp3) is 0.714. The first kappa shape index (κ1) is 15.5. The van der Waals surface area contributed by atoms with Crippen LogP contribution in [0.15, 0.2) is 6.33 Å². The van der Waals surface area contributed by atoms with Gasteiger partial charge in [-0.3, -0.25) is 4.79 Å². The number of hydrogen-bond acceptors (Lipinski definition) is 5. The van der Waals surface area contributed by atoms with Crippen LogP contribution in [0.25, 0.3) is 0 Å². The van der Waals surface area contributed by atoms with Gasteiger partial charge in [-0.1, -0.05) is 19.8 Å². The van der Waals surface area contributed by atoms with Crippen molar-refractivity contribution in [1.82, 2.24) is 19.7 Å². The van der Waals surface area contributed by atoms with Crippen LogP contribution in [0.5, 0.6) is 0 Å². The number of esters is 1. The molecule has 0 aliphatic heterocycles. The number of carbonyl (C=O) groups is 2. The maximum absolute atomic E-state index is 12.3. The number of ether oxygens (including phenoxy) is 1. The SMILES string of the molecule is COC(=O)c1ncn(CC(=O)N(C)[C@@H]2CCCC[C@H]2C)n1. The van der Waals surface area contributed by atoms with Gasteiger partial charge in [-0.2, -0.15) is 0 Å². The zero-order chi connectivity index (χ0) is 15.4. The summed E-state index contributed by atoms with van der Waals surface area (Å²) in [6, 6.07) is 0.287. The number of carbonyl (C=O) groups excluding carboxylic acids is 2. The molecule has 2 atom stereocenters. The second-order valence-corrected chi connectivity index (χ2v) is 5.59. The largest absolute Gasteiger partial charge is 0.463 e. The number of aromatic nitrogens is 3. The molecule has 0 bridgehead atoms. The molecule has 0 saturated heterocycles. The van der Waals surface area contributed by atoms with E-state index in [1.54, 1.807) is 0 Å². The number of likely N-dealkylation sites (N-methyl/N-ethyl adjacent to an activating group) is 1. The van der Waals surface area contributed by atoms with Gasteiger partial charge in [-0.25, -0.2) is 14.5 Å². The zero-order valence-electron chi connectivity index (χ0n) is 12.8. The van der Waals surface area contributed by atoms with Gasteiger partial charge in [0.1, 0.15) is 12.9 Å². The Morgan fingerprint density at radius 3 is 2.81 bits per heavy atom. The van der Waals surface area contributed by atoms with E-state index in [4.69, 9.17) is 0 Å². The Bertz CT molecular complexity index is 514. The third kappa shape index (κ3) is 3.59. The molecular weight excluding hydrogens is 272 g/mol. The van der Waals surface area contributed by atoms with Crippen LogP contribution in [-0.4, -0.2) is 51.7 Å². The monoisotopic (exact) mass is 294 g/mol. The highest BCUT2D eigenvalue weighted by Crippen LogP contribution is 2.27. The molecule has 1 heterocycles. The summed E-state index contributed by atoms with van der Waals surface area (Å²) in [5, 5.41) is 3.95. The highest BCUT2D eigenvalue weighted by Gasteiger charge is 2.28. The van der Waals surface area contributed by atoms with Crippen molar-refractivity contribution < 1.29 is 14.3 Å². The molecule has 1 aliphatic rings. The summed E-state index contributed by atoms with van der Waals surface area (Å²) < 4.78 is 5.91. The van der Waals surface area contributed by atoms with E-state index in [-0.39, 0.29) is 24.3 Å². The van der Waals surface area contributed by atoms with Crippen molar-refractivity contribution in [2.45, 2.75) is 45.2 Å². The molecule has 1 aliphatic carbocycles. The van der Waals surface area contributed by atoms with Crippen LogP contribution in [0, 0.1) is 5.92 Å². The third-order valence-electron chi connectivity index (χ3n) is 4.16. The summed E-state index contributed by atoms with van der Waals surface area (Å²) >= 11 is 0. The van der Waals surface area contributed by atoms with E-state index < -0.39 is 5.97 Å².